The number of primary sulfonamides is 1. The molecular weight excluding hydrogens is 472 g/mol. The van der Waals surface area contributed by atoms with Crippen LogP contribution in [0, 0.1) is 5.41 Å². The highest BCUT2D eigenvalue weighted by molar-refractivity contribution is 7.92. The molecule has 4 rings (SSSR count). The molecule has 2 atom stereocenters. The van der Waals surface area contributed by atoms with Gasteiger partial charge in [-0.25, -0.2) is 31.7 Å². The van der Waals surface area contributed by atoms with Crippen LogP contribution in [0.2, 0.25) is 0 Å². The fraction of sp³-hybridized carbons (Fsp3) is 0.611. The van der Waals surface area contributed by atoms with E-state index in [1.807, 2.05) is 4.90 Å². The number of azo groups is 1. The van der Waals surface area contributed by atoms with Gasteiger partial charge in [-0.3, -0.25) is 0 Å². The highest BCUT2D eigenvalue weighted by Crippen LogP contribution is 2.41. The van der Waals surface area contributed by atoms with E-state index in [1.54, 1.807) is 6.07 Å². The Kier molecular flexibility index (Phi) is 6.56. The Labute approximate surface area is 192 Å². The minimum atomic E-state index is -4.54. The Morgan fingerprint density at radius 3 is 2.67 bits per heavy atom. The molecule has 3 heterocycles. The van der Waals surface area contributed by atoms with E-state index >= 15 is 0 Å². The number of sulfonamides is 2. The van der Waals surface area contributed by atoms with Gasteiger partial charge in [0, 0.05) is 43.8 Å². The van der Waals surface area contributed by atoms with E-state index in [0.29, 0.717) is 18.8 Å². The largest absolute Gasteiger partial charge is 0.390 e. The standard InChI is InChI=1S/C18H28N8O5S2/c19-7-12(27)8-24-33(30,31)14-2-1-13(26-6-4-18(10-26)3-5-21-9-18)15(16(14)32(20,28)29)17-22-11-23-25-17/h1-2,12,21,24,27H,3-11,19H2,(H2,20,28,29)/t12-,18?/m1/s1. The number of aliphatic hydroxyl groups excluding tert-OH is 1. The predicted molar refractivity (Wildman–Crippen MR) is 121 cm³/mol. The molecular formula is C18H28N8O5S2. The van der Waals surface area contributed by atoms with Crippen molar-refractivity contribution in [2.75, 3.05) is 50.8 Å². The van der Waals surface area contributed by atoms with E-state index in [4.69, 9.17) is 10.9 Å². The minimum absolute atomic E-state index is 0.00457. The van der Waals surface area contributed by atoms with E-state index in [2.05, 4.69) is 25.3 Å². The molecule has 3 aliphatic rings. The summed E-state index contributed by atoms with van der Waals surface area (Å²) < 4.78 is 53.7. The summed E-state index contributed by atoms with van der Waals surface area (Å²) in [5.41, 5.74) is 5.91. The van der Waals surface area contributed by atoms with Crippen molar-refractivity contribution in [2.24, 2.45) is 31.5 Å². The van der Waals surface area contributed by atoms with E-state index in [1.165, 1.54) is 6.07 Å². The molecule has 2 saturated heterocycles. The molecule has 15 heteroatoms. The molecule has 0 radical (unpaired) electrons. The molecule has 182 valence electrons. The van der Waals surface area contributed by atoms with Gasteiger partial charge < -0.3 is 21.1 Å². The molecule has 2 fully saturated rings. The third-order valence-corrected chi connectivity index (χ3v) is 8.83. The zero-order valence-electron chi connectivity index (χ0n) is 17.9. The molecule has 0 bridgehead atoms. The lowest BCUT2D eigenvalue weighted by Crippen LogP contribution is -2.37. The normalized spacial score (nSPS) is 24.1. The number of hydrogen-bond acceptors (Lipinski definition) is 11. The number of rotatable bonds is 8. The van der Waals surface area contributed by atoms with Gasteiger partial charge in [0.25, 0.3) is 0 Å². The molecule has 0 aliphatic carbocycles. The second-order valence-electron chi connectivity index (χ2n) is 8.54. The molecule has 1 spiro atoms. The van der Waals surface area contributed by atoms with Crippen LogP contribution in [0.5, 0.6) is 0 Å². The van der Waals surface area contributed by atoms with E-state index in [-0.39, 0.29) is 36.6 Å². The Morgan fingerprint density at radius 2 is 2.06 bits per heavy atom. The summed E-state index contributed by atoms with van der Waals surface area (Å²) in [5.74, 6) is 0.0126. The maximum absolute atomic E-state index is 13.0. The van der Waals surface area contributed by atoms with E-state index in [0.717, 1.165) is 25.9 Å². The molecule has 3 aliphatic heterocycles. The van der Waals surface area contributed by atoms with Gasteiger partial charge in [-0.2, -0.15) is 5.11 Å². The Morgan fingerprint density at radius 1 is 1.27 bits per heavy atom. The molecule has 7 N–H and O–H groups in total. The summed E-state index contributed by atoms with van der Waals surface area (Å²) in [6.45, 7) is 2.57. The number of anilines is 1. The van der Waals surface area contributed by atoms with Crippen LogP contribution < -0.4 is 25.8 Å². The third-order valence-electron chi connectivity index (χ3n) is 6.24. The summed E-state index contributed by atoms with van der Waals surface area (Å²) in [6.07, 6.45) is 0.781. The van der Waals surface area contributed by atoms with Crippen molar-refractivity contribution in [1.82, 2.24) is 10.0 Å². The Balaban J connectivity index is 1.85. The average Bonchev–Trinajstić information content (AvgIpc) is 3.54. The summed E-state index contributed by atoms with van der Waals surface area (Å²) in [4.78, 5) is 5.04. The van der Waals surface area contributed by atoms with Crippen molar-refractivity contribution in [2.45, 2.75) is 28.7 Å². The topological polar surface area (TPSA) is 205 Å². The number of nitrogens with zero attached hydrogens (tertiary/aromatic N) is 4. The second kappa shape index (κ2) is 8.98. The van der Waals surface area contributed by atoms with Gasteiger partial charge in [0.05, 0.1) is 11.7 Å². The summed E-state index contributed by atoms with van der Waals surface area (Å²) >= 11 is 0. The highest BCUT2D eigenvalue weighted by atomic mass is 32.2. The van der Waals surface area contributed by atoms with Gasteiger partial charge in [0.15, 0.2) is 12.5 Å². The third kappa shape index (κ3) is 4.80. The fourth-order valence-electron chi connectivity index (χ4n) is 4.54. The quantitative estimate of drug-likeness (QED) is 0.277. The monoisotopic (exact) mass is 500 g/mol. The number of hydrogen-bond donors (Lipinski definition) is 5. The SMILES string of the molecule is NC[C@@H](O)CNS(=O)(=O)c1ccc(N2CCC3(CCNC3)C2)c(C2=NCN=N2)c1S(N)(=O)=O. The van der Waals surface area contributed by atoms with Crippen LogP contribution in [-0.2, 0) is 20.0 Å². The first-order valence-corrected chi connectivity index (χ1v) is 13.5. The lowest BCUT2D eigenvalue weighted by molar-refractivity contribution is 0.186. The van der Waals surface area contributed by atoms with Crippen LogP contribution in [-0.4, -0.2) is 79.8 Å². The van der Waals surface area contributed by atoms with Gasteiger partial charge in [-0.05, 0) is 31.5 Å². The van der Waals surface area contributed by atoms with Gasteiger partial charge in [0.2, 0.25) is 20.0 Å². The van der Waals surface area contributed by atoms with Crippen LogP contribution >= 0.6 is 0 Å². The molecule has 0 aromatic heterocycles. The van der Waals surface area contributed by atoms with Crippen molar-refractivity contribution in [1.29, 1.82) is 0 Å². The maximum atomic E-state index is 13.0. The van der Waals surface area contributed by atoms with E-state index < -0.39 is 35.9 Å². The number of aliphatic imine (C=N–C) groups is 1. The van der Waals surface area contributed by atoms with Gasteiger partial charge in [0.1, 0.15) is 9.79 Å². The Bertz CT molecular complexity index is 1190. The van der Waals surface area contributed by atoms with Crippen LogP contribution in [0.15, 0.2) is 37.1 Å². The molecule has 1 aromatic rings. The molecule has 0 amide bonds. The second-order valence-corrected chi connectivity index (χ2v) is 11.8. The lowest BCUT2D eigenvalue weighted by atomic mass is 9.86. The number of aliphatic hydroxyl groups is 1. The van der Waals surface area contributed by atoms with Gasteiger partial charge >= 0.3 is 0 Å². The molecule has 13 nitrogen and oxygen atoms in total. The minimum Gasteiger partial charge on any atom is -0.390 e. The van der Waals surface area contributed by atoms with E-state index in [9.17, 15) is 21.9 Å². The maximum Gasteiger partial charge on any atom is 0.242 e. The zero-order valence-corrected chi connectivity index (χ0v) is 19.6. The molecule has 1 unspecified atom stereocenters. The summed E-state index contributed by atoms with van der Waals surface area (Å²) in [6, 6.07) is 2.76. The van der Waals surface area contributed by atoms with Crippen molar-refractivity contribution in [3.63, 3.8) is 0 Å². The zero-order chi connectivity index (χ0) is 23.9. The van der Waals surface area contributed by atoms with Crippen molar-refractivity contribution >= 4 is 31.6 Å². The predicted octanol–water partition coefficient (Wildman–Crippen LogP) is -1.71. The molecule has 33 heavy (non-hydrogen) atoms. The van der Waals surface area contributed by atoms with Crippen LogP contribution in [0.3, 0.4) is 0 Å². The first kappa shape index (κ1) is 24.1. The van der Waals surface area contributed by atoms with Crippen molar-refractivity contribution in [3.05, 3.63) is 17.7 Å². The highest BCUT2D eigenvalue weighted by Gasteiger charge is 2.42. The number of nitrogens with one attached hydrogen (secondary N) is 2. The number of amidine groups is 1. The molecule has 1 aromatic carbocycles. The smallest absolute Gasteiger partial charge is 0.242 e. The Hall–Kier alpha value is -2.01. The van der Waals surface area contributed by atoms with Crippen LogP contribution in [0.25, 0.3) is 0 Å². The average molecular weight is 501 g/mol. The fourth-order valence-corrected chi connectivity index (χ4v) is 7.20. The van der Waals surface area contributed by atoms with Crippen molar-refractivity contribution < 1.29 is 21.9 Å². The first-order chi connectivity index (χ1) is 15.6. The van der Waals surface area contributed by atoms with Gasteiger partial charge in [-0.15, -0.1) is 5.11 Å². The first-order valence-electron chi connectivity index (χ1n) is 10.5. The molecule has 0 saturated carbocycles. The summed E-state index contributed by atoms with van der Waals surface area (Å²) in [5, 5.41) is 26.3. The lowest BCUT2D eigenvalue weighted by Gasteiger charge is -2.27. The van der Waals surface area contributed by atoms with Crippen molar-refractivity contribution in [3.8, 4) is 0 Å². The number of benzene rings is 1. The van der Waals surface area contributed by atoms with Gasteiger partial charge in [-0.1, -0.05) is 0 Å². The summed E-state index contributed by atoms with van der Waals surface area (Å²) in [7, 11) is -8.91. The van der Waals surface area contributed by atoms with Crippen LogP contribution in [0.4, 0.5) is 5.69 Å². The van der Waals surface area contributed by atoms with Crippen LogP contribution in [0.1, 0.15) is 18.4 Å². The number of nitrogens with two attached hydrogens (primary N) is 2.